The minimum absolute atomic E-state index is 0. The van der Waals surface area contributed by atoms with Gasteiger partial charge in [-0.2, -0.15) is 52.7 Å². The van der Waals surface area contributed by atoms with Gasteiger partial charge < -0.3 is 49.2 Å². The summed E-state index contributed by atoms with van der Waals surface area (Å²) in [6.45, 7) is 3.66. The second-order valence-electron chi connectivity index (χ2n) is 15.9. The number of aromatic hydroxyl groups is 1. The van der Waals surface area contributed by atoms with E-state index in [9.17, 15) is 86.6 Å². The number of aromatic nitrogens is 4. The largest absolute Gasteiger partial charge is 1.00 e. The number of fused-ring (bicyclic) bond motifs is 3. The molecule has 7 aromatic heterocycles. The van der Waals surface area contributed by atoms with E-state index in [2.05, 4.69) is 34.1 Å². The predicted molar refractivity (Wildman–Crippen MR) is 257 cm³/mol. The maximum absolute atomic E-state index is 12.8. The first-order valence-electron chi connectivity index (χ1n) is 20.9. The molecule has 20 nitrogen and oxygen atoms in total. The van der Waals surface area contributed by atoms with Crippen LogP contribution in [0, 0.1) is 0 Å². The van der Waals surface area contributed by atoms with Crippen molar-refractivity contribution in [1.82, 2.24) is 19.9 Å². The third-order valence-corrected chi connectivity index (χ3v) is 12.6. The number of carboxylic acid groups (broad SMARTS) is 2. The van der Waals surface area contributed by atoms with Gasteiger partial charge in [-0.15, -0.1) is 34.0 Å². The van der Waals surface area contributed by atoms with E-state index in [-0.39, 0.29) is 81.9 Å². The molecule has 0 radical (unpaired) electrons. The topological polar surface area (TPSA) is 300 Å². The third-order valence-electron chi connectivity index (χ3n) is 9.04. The molecule has 0 unspecified atom stereocenters. The van der Waals surface area contributed by atoms with E-state index in [1.165, 1.54) is 0 Å². The Morgan fingerprint density at radius 3 is 1.28 bits per heavy atom. The third kappa shape index (κ3) is 18.6. The fraction of sp³-hybridized carbons (Fsp3) is 0.289. The number of carboxylic acids is 2. The summed E-state index contributed by atoms with van der Waals surface area (Å²) in [6, 6.07) is 3.06. The Hall–Kier alpha value is -7.29. The molecule has 7 heterocycles. The Morgan fingerprint density at radius 1 is 0.537 bits per heavy atom. The zero-order valence-electron chi connectivity index (χ0n) is 42.1. The van der Waals surface area contributed by atoms with Crippen molar-refractivity contribution in [3.63, 3.8) is 0 Å². The Balaban J connectivity index is 0.000000377. The normalized spacial score (nSPS) is 11.5. The number of alkyl halides is 12. The number of pyridine rings is 4. The van der Waals surface area contributed by atoms with Crippen LogP contribution in [0.3, 0.4) is 0 Å². The molecule has 0 aliphatic carbocycles. The van der Waals surface area contributed by atoms with Crippen LogP contribution in [-0.4, -0.2) is 117 Å². The van der Waals surface area contributed by atoms with Crippen LogP contribution < -0.4 is 28.3 Å². The number of nitrogens with zero attached hydrogens (tertiary/aromatic N) is 4. The molecule has 0 amide bonds. The molecule has 0 spiro atoms. The van der Waals surface area contributed by atoms with E-state index in [0.717, 1.165) is 50.9 Å². The number of carbonyl (C=O) groups is 6. The Kier molecular flexibility index (Phi) is 24.3. The number of carbonyl (C=O) groups excluding carboxylic acids is 4. The number of aromatic carboxylic acids is 1. The van der Waals surface area contributed by atoms with E-state index in [0.29, 0.717) is 53.5 Å². The second kappa shape index (κ2) is 28.1. The van der Waals surface area contributed by atoms with Crippen LogP contribution in [0.4, 0.5) is 52.7 Å². The number of hydrogen-bond acceptors (Lipinski definition) is 21. The Bertz CT molecular complexity index is 3470. The van der Waals surface area contributed by atoms with Crippen LogP contribution in [0.1, 0.15) is 82.5 Å². The number of ether oxygens (including phenoxy) is 6. The van der Waals surface area contributed by atoms with Gasteiger partial charge in [0.15, 0.2) is 50.8 Å². The molecule has 7 rings (SSSR count). The molecule has 0 aromatic carbocycles. The van der Waals surface area contributed by atoms with Gasteiger partial charge in [-0.3, -0.25) is 15.0 Å². The zero-order valence-corrected chi connectivity index (χ0v) is 45.4. The quantitative estimate of drug-likeness (QED) is 0.0500. The predicted octanol–water partition coefficient (Wildman–Crippen LogP) is 8.47. The van der Waals surface area contributed by atoms with Crippen LogP contribution in [0.15, 0.2) is 49.1 Å². The number of rotatable bonds is 10. The molecule has 0 saturated carbocycles. The summed E-state index contributed by atoms with van der Waals surface area (Å²) in [5.41, 5.74) is -5.14. The van der Waals surface area contributed by atoms with E-state index in [4.69, 9.17) is 36.0 Å². The van der Waals surface area contributed by atoms with E-state index >= 15 is 0 Å². The second-order valence-corrected chi connectivity index (χ2v) is 19.5. The Morgan fingerprint density at radius 2 is 0.890 bits per heavy atom. The minimum Gasteiger partial charge on any atom is -0.870 e. The van der Waals surface area contributed by atoms with Crippen molar-refractivity contribution in [2.75, 3.05) is 34.5 Å². The molecule has 4 N–H and O–H groups in total. The maximum Gasteiger partial charge on any atom is 1.00 e. The number of halogens is 13. The van der Waals surface area contributed by atoms with Crippen LogP contribution in [0.2, 0.25) is 5.02 Å². The summed E-state index contributed by atoms with van der Waals surface area (Å²) in [7, 11) is 3.32. The van der Waals surface area contributed by atoms with Gasteiger partial charge in [-0.05, 0) is 45.0 Å². The van der Waals surface area contributed by atoms with Gasteiger partial charge in [0.25, 0.3) is 0 Å². The van der Waals surface area contributed by atoms with Crippen molar-refractivity contribution < 1.29 is 150 Å². The van der Waals surface area contributed by atoms with E-state index in [1.54, 1.807) is 20.8 Å². The van der Waals surface area contributed by atoms with Crippen molar-refractivity contribution in [1.29, 1.82) is 0 Å². The molecule has 0 aliphatic heterocycles. The summed E-state index contributed by atoms with van der Waals surface area (Å²) < 4.78 is 179. The Labute approximate surface area is 478 Å². The van der Waals surface area contributed by atoms with Gasteiger partial charge in [0, 0.05) is 24.8 Å². The number of methoxy groups -OCH3 is 3. The van der Waals surface area contributed by atoms with Crippen LogP contribution in [-0.2, 0) is 53.2 Å². The van der Waals surface area contributed by atoms with Crippen LogP contribution >= 0.6 is 45.6 Å². The van der Waals surface area contributed by atoms with Gasteiger partial charge in [0.2, 0.25) is 0 Å². The molecule has 82 heavy (non-hydrogen) atoms. The summed E-state index contributed by atoms with van der Waals surface area (Å²) in [5, 5.41) is 26.8. The summed E-state index contributed by atoms with van der Waals surface area (Å²) >= 11 is 7.42. The van der Waals surface area contributed by atoms with Crippen molar-refractivity contribution >= 4 is 112 Å². The standard InChI is InChI=1S/C16H16F3NO5S.C11H6F3NO5S.C10H6F3NO3S.C8H5ClF3NO2.Li.H2O/c1-15(2,3)25-10(21)7-24-12-11-9(26-13(12)14(22)23-4)5-8(6-20-11)16(17,18)19;12-11(13,14)4-1-5-7(15-2-4)8(20-3-6(16)17)9(21-5)10(18)19;1-17-9(16)8-7(15)6-5(18-8)2-4(3-14-6)10(11,12)13;1-15-7(14)6-5(9)2-4(3-13-6)8(10,11)12;;/h5-6H,7H2,1-4H3;1-2H,3H2,(H,16,17)(H,18,19);2-3,15H,1H3;2-3H,1H3;;1H2/q;;;;+1;/p-1. The molecule has 0 aliphatic rings. The number of hydrogen-bond donors (Lipinski definition) is 3. The average molecular weight is 1250 g/mol. The van der Waals surface area contributed by atoms with Gasteiger partial charge >= 0.3 is 79.4 Å². The van der Waals surface area contributed by atoms with Crippen LogP contribution in [0.25, 0.3) is 30.6 Å². The van der Waals surface area contributed by atoms with Crippen molar-refractivity contribution in [3.8, 4) is 17.2 Å². The molecule has 37 heteroatoms. The summed E-state index contributed by atoms with van der Waals surface area (Å²) in [6.07, 6.45) is -15.9. The molecule has 0 atom stereocenters. The molecule has 0 fully saturated rings. The minimum atomic E-state index is -4.61. The first-order valence-corrected chi connectivity index (χ1v) is 23.7. The van der Waals surface area contributed by atoms with Gasteiger partial charge in [-0.25, -0.2) is 33.8 Å². The van der Waals surface area contributed by atoms with E-state index in [1.807, 2.05) is 0 Å². The molecule has 440 valence electrons. The first kappa shape index (κ1) is 70.8. The van der Waals surface area contributed by atoms with Gasteiger partial charge in [0.05, 0.1) is 62.7 Å². The van der Waals surface area contributed by atoms with Crippen LogP contribution in [0.5, 0.6) is 17.2 Å². The number of aliphatic carboxylic acids is 1. The molecule has 0 saturated heterocycles. The average Bonchev–Trinajstić information content (AvgIpc) is 4.15. The van der Waals surface area contributed by atoms with Crippen molar-refractivity contribution in [2.24, 2.45) is 0 Å². The van der Waals surface area contributed by atoms with Gasteiger partial charge in [-0.1, -0.05) is 11.6 Å². The summed E-state index contributed by atoms with van der Waals surface area (Å²) in [4.78, 5) is 80.8. The van der Waals surface area contributed by atoms with E-state index < -0.39 is 117 Å². The molecular weight excluding hydrogens is 1220 g/mol. The molecule has 7 aromatic rings. The fourth-order valence-electron chi connectivity index (χ4n) is 5.69. The maximum atomic E-state index is 12.8. The monoisotopic (exact) mass is 1250 g/mol. The fourth-order valence-corrected chi connectivity index (χ4v) is 8.99. The first-order chi connectivity index (χ1) is 36.8. The van der Waals surface area contributed by atoms with Crippen molar-refractivity contribution in [3.05, 3.63) is 96.7 Å². The number of esters is 4. The van der Waals surface area contributed by atoms with Gasteiger partial charge in [0.1, 0.15) is 22.2 Å². The zero-order chi connectivity index (χ0) is 60.6. The van der Waals surface area contributed by atoms with Crippen molar-refractivity contribution in [2.45, 2.75) is 51.1 Å². The molecule has 0 bridgehead atoms. The summed E-state index contributed by atoms with van der Waals surface area (Å²) in [5.74, 6) is -6.91. The molecular formula is C45H34ClF12LiN4O16S3. The SMILES string of the molecule is COC(=O)c1ncc(C(F)(F)F)cc1Cl.COC(=O)c1sc2cc(C(F)(F)F)cnc2c1O.COC(=O)c1sc2cc(C(F)(F)F)cnc2c1OCC(=O)OC(C)(C)C.O=C(O)COc1c(C(=O)O)sc2cc(C(F)(F)F)cnc12.[Li+].[OH-]. The smallest absolute Gasteiger partial charge is 0.870 e. The number of thiophene rings is 3.